The molecule has 0 unspecified atom stereocenters. The maximum absolute atomic E-state index is 12.5. The maximum Gasteiger partial charge on any atom is 0.387 e. The highest BCUT2D eigenvalue weighted by Crippen LogP contribution is 2.39. The van der Waals surface area contributed by atoms with Gasteiger partial charge < -0.3 is 9.84 Å². The van der Waals surface area contributed by atoms with Crippen molar-refractivity contribution in [2.45, 2.75) is 13.5 Å². The highest BCUT2D eigenvalue weighted by Gasteiger charge is 2.16. The van der Waals surface area contributed by atoms with Crippen LogP contribution in [0.5, 0.6) is 5.75 Å². The summed E-state index contributed by atoms with van der Waals surface area (Å²) in [5.74, 6) is -1.34. The standard InChI is InChI=1S/C13H9BrF2O3S/c1-6-9(14)5-11(20-6)8-3-2-7(12(17)18)4-10(8)19-13(15)16/h2-5,13H,1H3,(H,17,18). The Hall–Kier alpha value is -1.47. The van der Waals surface area contributed by atoms with Crippen molar-refractivity contribution in [2.24, 2.45) is 0 Å². The van der Waals surface area contributed by atoms with Crippen molar-refractivity contribution in [1.29, 1.82) is 0 Å². The topological polar surface area (TPSA) is 46.5 Å². The molecule has 2 rings (SSSR count). The van der Waals surface area contributed by atoms with Gasteiger partial charge in [0.25, 0.3) is 0 Å². The van der Waals surface area contributed by atoms with E-state index in [1.807, 2.05) is 6.92 Å². The van der Waals surface area contributed by atoms with Crippen LogP contribution in [0.1, 0.15) is 15.2 Å². The molecule has 1 N–H and O–H groups in total. The number of thiophene rings is 1. The zero-order valence-electron chi connectivity index (χ0n) is 10.2. The van der Waals surface area contributed by atoms with Crippen LogP contribution in [0.4, 0.5) is 8.78 Å². The van der Waals surface area contributed by atoms with Crippen LogP contribution in [0, 0.1) is 6.92 Å². The second-order valence-corrected chi connectivity index (χ2v) is 6.02. The van der Waals surface area contributed by atoms with E-state index < -0.39 is 12.6 Å². The average Bonchev–Trinajstić information content (AvgIpc) is 2.68. The molecule has 1 aromatic carbocycles. The SMILES string of the molecule is Cc1sc(-c2ccc(C(=O)O)cc2OC(F)F)cc1Br. The van der Waals surface area contributed by atoms with Crippen LogP contribution in [-0.2, 0) is 0 Å². The van der Waals surface area contributed by atoms with Crippen LogP contribution < -0.4 is 4.74 Å². The van der Waals surface area contributed by atoms with Crippen LogP contribution in [0.3, 0.4) is 0 Å². The van der Waals surface area contributed by atoms with Gasteiger partial charge in [0.1, 0.15) is 5.75 Å². The van der Waals surface area contributed by atoms with Gasteiger partial charge in [-0.2, -0.15) is 8.78 Å². The molecule has 0 radical (unpaired) electrons. The Labute approximate surface area is 125 Å². The highest BCUT2D eigenvalue weighted by atomic mass is 79.9. The van der Waals surface area contributed by atoms with Gasteiger partial charge in [0, 0.05) is 19.8 Å². The van der Waals surface area contributed by atoms with Gasteiger partial charge in [-0.3, -0.25) is 0 Å². The van der Waals surface area contributed by atoms with Crippen LogP contribution in [-0.4, -0.2) is 17.7 Å². The van der Waals surface area contributed by atoms with E-state index in [0.717, 1.165) is 20.3 Å². The monoisotopic (exact) mass is 362 g/mol. The van der Waals surface area contributed by atoms with Crippen molar-refractivity contribution in [3.05, 3.63) is 39.2 Å². The highest BCUT2D eigenvalue weighted by molar-refractivity contribution is 9.10. The first-order valence-corrected chi connectivity index (χ1v) is 7.08. The van der Waals surface area contributed by atoms with E-state index >= 15 is 0 Å². The number of benzene rings is 1. The minimum Gasteiger partial charge on any atom is -0.478 e. The number of aromatic carboxylic acids is 1. The number of carboxylic acid groups (broad SMARTS) is 1. The number of rotatable bonds is 4. The second-order valence-electron chi connectivity index (χ2n) is 3.91. The summed E-state index contributed by atoms with van der Waals surface area (Å²) in [5.41, 5.74) is 0.339. The number of carbonyl (C=O) groups is 1. The van der Waals surface area contributed by atoms with Gasteiger partial charge in [0.15, 0.2) is 0 Å². The van der Waals surface area contributed by atoms with Crippen molar-refractivity contribution in [1.82, 2.24) is 0 Å². The van der Waals surface area contributed by atoms with Gasteiger partial charge in [-0.25, -0.2) is 4.79 Å². The van der Waals surface area contributed by atoms with Crippen molar-refractivity contribution < 1.29 is 23.4 Å². The Morgan fingerprint density at radius 2 is 2.10 bits per heavy atom. The predicted molar refractivity (Wildman–Crippen MR) is 75.8 cm³/mol. The summed E-state index contributed by atoms with van der Waals surface area (Å²) in [6.07, 6.45) is 0. The summed E-state index contributed by atoms with van der Waals surface area (Å²) in [6, 6.07) is 5.72. The van der Waals surface area contributed by atoms with Gasteiger partial charge >= 0.3 is 12.6 Å². The Kier molecular flexibility index (Phi) is 4.39. The minimum absolute atomic E-state index is 0.100. The van der Waals surface area contributed by atoms with E-state index in [9.17, 15) is 13.6 Å². The molecular formula is C13H9BrF2O3S. The molecule has 0 bridgehead atoms. The molecule has 7 heteroatoms. The Morgan fingerprint density at radius 3 is 2.60 bits per heavy atom. The first kappa shape index (κ1) is 14.9. The van der Waals surface area contributed by atoms with Crippen molar-refractivity contribution in [3.63, 3.8) is 0 Å². The molecule has 0 saturated heterocycles. The zero-order valence-corrected chi connectivity index (χ0v) is 12.6. The molecule has 0 atom stereocenters. The number of alkyl halides is 2. The number of ether oxygens (including phenoxy) is 1. The first-order chi connectivity index (χ1) is 9.38. The fraction of sp³-hybridized carbons (Fsp3) is 0.154. The minimum atomic E-state index is -3.01. The van der Waals surface area contributed by atoms with Crippen molar-refractivity contribution in [3.8, 4) is 16.2 Å². The summed E-state index contributed by atoms with van der Waals surface area (Å²) in [7, 11) is 0. The number of hydrogen-bond acceptors (Lipinski definition) is 3. The van der Waals surface area contributed by atoms with Gasteiger partial charge in [-0.15, -0.1) is 11.3 Å². The molecular weight excluding hydrogens is 354 g/mol. The molecule has 0 fully saturated rings. The normalized spacial score (nSPS) is 10.8. The molecule has 1 aromatic heterocycles. The lowest BCUT2D eigenvalue weighted by Gasteiger charge is -2.10. The third kappa shape index (κ3) is 3.16. The summed E-state index contributed by atoms with van der Waals surface area (Å²) in [6.45, 7) is -1.13. The lowest BCUT2D eigenvalue weighted by atomic mass is 10.1. The summed E-state index contributed by atoms with van der Waals surface area (Å²) in [5, 5.41) is 8.91. The molecule has 0 aliphatic heterocycles. The van der Waals surface area contributed by atoms with E-state index in [4.69, 9.17) is 5.11 Å². The van der Waals surface area contributed by atoms with E-state index in [1.165, 1.54) is 23.5 Å². The maximum atomic E-state index is 12.5. The third-order valence-electron chi connectivity index (χ3n) is 2.57. The third-order valence-corrected chi connectivity index (χ3v) is 4.74. The van der Waals surface area contributed by atoms with Crippen molar-refractivity contribution >= 4 is 33.2 Å². The molecule has 1 heterocycles. The van der Waals surface area contributed by atoms with Crippen LogP contribution in [0.2, 0.25) is 0 Å². The van der Waals surface area contributed by atoms with Crippen molar-refractivity contribution in [2.75, 3.05) is 0 Å². The van der Waals surface area contributed by atoms with Gasteiger partial charge in [0.2, 0.25) is 0 Å². The lowest BCUT2D eigenvalue weighted by molar-refractivity contribution is -0.0495. The first-order valence-electron chi connectivity index (χ1n) is 5.47. The fourth-order valence-corrected chi connectivity index (χ4v) is 3.21. The number of carboxylic acids is 1. The largest absolute Gasteiger partial charge is 0.478 e. The average molecular weight is 363 g/mol. The molecule has 106 valence electrons. The summed E-state index contributed by atoms with van der Waals surface area (Å²) >= 11 is 4.76. The predicted octanol–water partition coefficient (Wildman–Crippen LogP) is 4.79. The molecule has 2 aromatic rings. The molecule has 0 aliphatic rings. The number of hydrogen-bond donors (Lipinski definition) is 1. The van der Waals surface area contributed by atoms with E-state index in [-0.39, 0.29) is 11.3 Å². The van der Waals surface area contributed by atoms with E-state index in [0.29, 0.717) is 5.56 Å². The van der Waals surface area contributed by atoms with Gasteiger partial charge in [-0.05, 0) is 47.1 Å². The van der Waals surface area contributed by atoms with Crippen LogP contribution in [0.15, 0.2) is 28.7 Å². The molecule has 0 spiro atoms. The lowest BCUT2D eigenvalue weighted by Crippen LogP contribution is -2.05. The zero-order chi connectivity index (χ0) is 14.9. The molecule has 0 aliphatic carbocycles. The van der Waals surface area contributed by atoms with E-state index in [2.05, 4.69) is 20.7 Å². The van der Waals surface area contributed by atoms with Gasteiger partial charge in [0.05, 0.1) is 5.56 Å². The van der Waals surface area contributed by atoms with E-state index in [1.54, 1.807) is 6.07 Å². The summed E-state index contributed by atoms with van der Waals surface area (Å²) < 4.78 is 30.2. The Morgan fingerprint density at radius 1 is 1.40 bits per heavy atom. The summed E-state index contributed by atoms with van der Waals surface area (Å²) in [4.78, 5) is 12.6. The Balaban J connectivity index is 2.53. The fourth-order valence-electron chi connectivity index (χ4n) is 1.65. The number of aryl methyl sites for hydroxylation is 1. The molecule has 20 heavy (non-hydrogen) atoms. The quantitative estimate of drug-likeness (QED) is 0.850. The number of halogens is 3. The molecule has 0 amide bonds. The van der Waals surface area contributed by atoms with Gasteiger partial charge in [-0.1, -0.05) is 0 Å². The van der Waals surface area contributed by atoms with Crippen LogP contribution in [0.25, 0.3) is 10.4 Å². The van der Waals surface area contributed by atoms with Crippen LogP contribution >= 0.6 is 27.3 Å². The molecule has 0 saturated carbocycles. The Bertz CT molecular complexity index is 636. The smallest absolute Gasteiger partial charge is 0.387 e. The molecule has 3 nitrogen and oxygen atoms in total. The second kappa shape index (κ2) is 5.88.